The van der Waals surface area contributed by atoms with Crippen molar-refractivity contribution >= 4 is 37.9 Å². The fourth-order valence-electron chi connectivity index (χ4n) is 3.75. The Morgan fingerprint density at radius 1 is 1.10 bits per heavy atom. The number of carbonyl (C=O) groups excluding carboxylic acids is 1. The van der Waals surface area contributed by atoms with Gasteiger partial charge in [0.25, 0.3) is 5.91 Å². The van der Waals surface area contributed by atoms with E-state index in [0.717, 1.165) is 26.6 Å². The Hall–Kier alpha value is -3.13. The second-order valence-corrected chi connectivity index (χ2v) is 9.11. The van der Waals surface area contributed by atoms with E-state index in [1.165, 1.54) is 0 Å². The zero-order chi connectivity index (χ0) is 20.8. The molecule has 0 spiro atoms. The van der Waals surface area contributed by atoms with Crippen molar-refractivity contribution in [3.05, 3.63) is 66.1 Å². The van der Waals surface area contributed by atoms with Crippen LogP contribution in [0.4, 0.5) is 0 Å². The normalized spacial score (nSPS) is 12.1. The van der Waals surface area contributed by atoms with Gasteiger partial charge in [0, 0.05) is 17.6 Å². The first-order chi connectivity index (χ1) is 13.8. The summed E-state index contributed by atoms with van der Waals surface area (Å²) in [5.74, 6) is -0.461. The molecule has 0 bridgehead atoms. The van der Waals surface area contributed by atoms with E-state index in [2.05, 4.69) is 14.9 Å². The zero-order valence-electron chi connectivity index (χ0n) is 16.5. The number of pyridine rings is 1. The van der Waals surface area contributed by atoms with E-state index in [1.54, 1.807) is 24.4 Å². The summed E-state index contributed by atoms with van der Waals surface area (Å²) in [4.78, 5) is 17.1. The molecule has 0 fully saturated rings. The summed E-state index contributed by atoms with van der Waals surface area (Å²) in [6.07, 6.45) is 2.76. The summed E-state index contributed by atoms with van der Waals surface area (Å²) in [6.45, 7) is 4.28. The molecule has 0 unspecified atom stereocenters. The lowest BCUT2D eigenvalue weighted by Crippen LogP contribution is -2.27. The van der Waals surface area contributed by atoms with Gasteiger partial charge < -0.3 is 9.88 Å². The first-order valence-electron chi connectivity index (χ1n) is 9.32. The van der Waals surface area contributed by atoms with Crippen molar-refractivity contribution in [2.24, 2.45) is 0 Å². The zero-order valence-corrected chi connectivity index (χ0v) is 17.3. The number of benzene rings is 1. The molecule has 0 saturated carbocycles. The maximum atomic E-state index is 12.9. The molecule has 7 nitrogen and oxygen atoms in total. The maximum absolute atomic E-state index is 12.9. The van der Waals surface area contributed by atoms with Crippen molar-refractivity contribution in [2.45, 2.75) is 26.4 Å². The van der Waals surface area contributed by atoms with Crippen molar-refractivity contribution in [3.8, 4) is 0 Å². The van der Waals surface area contributed by atoms with Crippen LogP contribution in [0.15, 0.2) is 54.7 Å². The smallest absolute Gasteiger partial charge is 0.269 e. The van der Waals surface area contributed by atoms with Gasteiger partial charge in [-0.15, -0.1) is 0 Å². The number of nitrogens with one attached hydrogen (secondary N) is 1. The van der Waals surface area contributed by atoms with Gasteiger partial charge in [0.1, 0.15) is 5.69 Å². The van der Waals surface area contributed by atoms with Gasteiger partial charge in [-0.3, -0.25) is 9.78 Å². The van der Waals surface area contributed by atoms with Crippen LogP contribution in [-0.2, 0) is 16.6 Å². The number of para-hydroxylation sites is 1. The molecule has 8 heteroatoms. The molecule has 0 aliphatic carbocycles. The van der Waals surface area contributed by atoms with E-state index < -0.39 is 15.9 Å². The molecule has 0 aliphatic rings. The van der Waals surface area contributed by atoms with Gasteiger partial charge in [0.2, 0.25) is 10.0 Å². The number of hydrogen-bond donors (Lipinski definition) is 1. The van der Waals surface area contributed by atoms with E-state index in [4.69, 9.17) is 0 Å². The minimum atomic E-state index is -3.72. The highest BCUT2D eigenvalue weighted by Crippen LogP contribution is 2.35. The predicted octanol–water partition coefficient (Wildman–Crippen LogP) is 3.31. The molecule has 1 N–H and O–H groups in total. The van der Waals surface area contributed by atoms with Crippen LogP contribution < -0.4 is 5.32 Å². The topological polar surface area (TPSA) is 86.0 Å². The number of nitrogens with zero attached hydrogens (tertiary/aromatic N) is 3. The third-order valence-corrected chi connectivity index (χ3v) is 5.90. The average molecular weight is 410 g/mol. The summed E-state index contributed by atoms with van der Waals surface area (Å²) < 4.78 is 28.6. The lowest BCUT2D eigenvalue weighted by atomic mass is 10.2. The summed E-state index contributed by atoms with van der Waals surface area (Å²) in [7, 11) is -3.72. The number of carbonyl (C=O) groups is 1. The van der Waals surface area contributed by atoms with Crippen LogP contribution in [0.2, 0.25) is 0 Å². The molecule has 0 atom stereocenters. The van der Waals surface area contributed by atoms with Crippen LogP contribution in [0.25, 0.3) is 21.9 Å². The SMILES string of the molecule is CC(C)n1c2ccccc2c2c1cc(C(=O)NCc1ccccn1)n2S(C)(=O)=O. The third-order valence-electron chi connectivity index (χ3n) is 4.85. The molecular formula is C21H22N4O3S. The highest BCUT2D eigenvalue weighted by molar-refractivity contribution is 7.89. The maximum Gasteiger partial charge on any atom is 0.269 e. The van der Waals surface area contributed by atoms with Crippen molar-refractivity contribution in [1.29, 1.82) is 0 Å². The average Bonchev–Trinajstić information content (AvgIpc) is 3.21. The molecule has 29 heavy (non-hydrogen) atoms. The van der Waals surface area contributed by atoms with Gasteiger partial charge >= 0.3 is 0 Å². The summed E-state index contributed by atoms with van der Waals surface area (Å²) in [5, 5.41) is 3.58. The summed E-state index contributed by atoms with van der Waals surface area (Å²) >= 11 is 0. The highest BCUT2D eigenvalue weighted by Gasteiger charge is 2.27. The molecule has 0 radical (unpaired) electrons. The molecular weight excluding hydrogens is 388 g/mol. The van der Waals surface area contributed by atoms with Gasteiger partial charge in [-0.2, -0.15) is 0 Å². The second kappa shape index (κ2) is 7.04. The van der Waals surface area contributed by atoms with E-state index in [0.29, 0.717) is 11.2 Å². The molecule has 150 valence electrons. The fraction of sp³-hybridized carbons (Fsp3) is 0.238. The number of hydrogen-bond acceptors (Lipinski definition) is 4. The largest absolute Gasteiger partial charge is 0.345 e. The third kappa shape index (κ3) is 3.29. The van der Waals surface area contributed by atoms with Gasteiger partial charge in [0.05, 0.1) is 35.0 Å². The Morgan fingerprint density at radius 2 is 1.83 bits per heavy atom. The minimum Gasteiger partial charge on any atom is -0.345 e. The van der Waals surface area contributed by atoms with Crippen molar-refractivity contribution < 1.29 is 13.2 Å². The van der Waals surface area contributed by atoms with Crippen molar-refractivity contribution in [3.63, 3.8) is 0 Å². The Labute approximate surface area is 169 Å². The van der Waals surface area contributed by atoms with Crippen LogP contribution in [0.3, 0.4) is 0 Å². The number of aromatic nitrogens is 3. The Morgan fingerprint density at radius 3 is 2.48 bits per heavy atom. The molecule has 3 heterocycles. The Bertz CT molecular complexity index is 1320. The number of fused-ring (bicyclic) bond motifs is 3. The molecule has 4 aromatic rings. The van der Waals surface area contributed by atoms with Crippen LogP contribution in [-0.4, -0.2) is 34.1 Å². The molecule has 3 aromatic heterocycles. The first kappa shape index (κ1) is 19.2. The summed E-state index contributed by atoms with van der Waals surface area (Å²) in [6, 6.07) is 14.8. The monoisotopic (exact) mass is 410 g/mol. The van der Waals surface area contributed by atoms with Crippen LogP contribution in [0, 0.1) is 0 Å². The van der Waals surface area contributed by atoms with Crippen LogP contribution >= 0.6 is 0 Å². The van der Waals surface area contributed by atoms with Gasteiger partial charge in [0.15, 0.2) is 0 Å². The fourth-order valence-corrected chi connectivity index (χ4v) is 4.76. The van der Waals surface area contributed by atoms with Crippen molar-refractivity contribution in [1.82, 2.24) is 18.8 Å². The van der Waals surface area contributed by atoms with Gasteiger partial charge in [-0.25, -0.2) is 12.4 Å². The molecule has 1 aromatic carbocycles. The highest BCUT2D eigenvalue weighted by atomic mass is 32.2. The molecule has 1 amide bonds. The second-order valence-electron chi connectivity index (χ2n) is 7.28. The summed E-state index contributed by atoms with van der Waals surface area (Å²) in [5.41, 5.74) is 2.97. The van der Waals surface area contributed by atoms with Crippen LogP contribution in [0.5, 0.6) is 0 Å². The first-order valence-corrected chi connectivity index (χ1v) is 11.2. The molecule has 0 aliphatic heterocycles. The number of rotatable bonds is 5. The molecule has 0 saturated heterocycles. The quantitative estimate of drug-likeness (QED) is 0.547. The number of amides is 1. The standard InChI is InChI=1S/C21H22N4O3S/c1-14(2)24-17-10-5-4-9-16(17)20-18(24)12-19(25(20)29(3,27)28)21(26)23-13-15-8-6-7-11-22-15/h4-12,14H,13H2,1-3H3,(H,23,26). The Balaban J connectivity index is 1.90. The van der Waals surface area contributed by atoms with E-state index >= 15 is 0 Å². The van der Waals surface area contributed by atoms with E-state index in [9.17, 15) is 13.2 Å². The van der Waals surface area contributed by atoms with E-state index in [-0.39, 0.29) is 18.3 Å². The molecule has 4 rings (SSSR count). The lowest BCUT2D eigenvalue weighted by Gasteiger charge is -2.11. The van der Waals surface area contributed by atoms with Gasteiger partial charge in [-0.1, -0.05) is 24.3 Å². The predicted molar refractivity (Wildman–Crippen MR) is 113 cm³/mol. The van der Waals surface area contributed by atoms with Crippen LogP contribution in [0.1, 0.15) is 36.1 Å². The minimum absolute atomic E-state index is 0.0913. The van der Waals surface area contributed by atoms with E-state index in [1.807, 2.05) is 44.2 Å². The van der Waals surface area contributed by atoms with Gasteiger partial charge in [-0.05, 0) is 38.1 Å². The Kier molecular flexibility index (Phi) is 4.66. The van der Waals surface area contributed by atoms with Crippen molar-refractivity contribution in [2.75, 3.05) is 6.26 Å². The lowest BCUT2D eigenvalue weighted by molar-refractivity contribution is 0.0944.